The van der Waals surface area contributed by atoms with Crippen LogP contribution in [-0.2, 0) is 4.79 Å². The van der Waals surface area contributed by atoms with Gasteiger partial charge in [0.1, 0.15) is 0 Å². The first kappa shape index (κ1) is 14.2. The van der Waals surface area contributed by atoms with Crippen LogP contribution < -0.4 is 5.32 Å². The minimum atomic E-state index is -0.228. The van der Waals surface area contributed by atoms with Gasteiger partial charge in [-0.3, -0.25) is 9.59 Å². The Morgan fingerprint density at radius 2 is 2.26 bits per heavy atom. The number of nitrogens with one attached hydrogen (secondary N) is 1. The van der Waals surface area contributed by atoms with Crippen molar-refractivity contribution < 1.29 is 9.59 Å². The van der Waals surface area contributed by atoms with Crippen molar-refractivity contribution >= 4 is 36.0 Å². The molecule has 1 aromatic carbocycles. The number of thiol groups is 1. The third-order valence-electron chi connectivity index (χ3n) is 3.16. The van der Waals surface area contributed by atoms with Crippen molar-refractivity contribution in [2.75, 3.05) is 13.6 Å². The van der Waals surface area contributed by atoms with Crippen molar-refractivity contribution in [3.63, 3.8) is 0 Å². The van der Waals surface area contributed by atoms with E-state index in [-0.39, 0.29) is 17.9 Å². The second-order valence-electron chi connectivity index (χ2n) is 4.65. The molecule has 1 aliphatic rings. The van der Waals surface area contributed by atoms with Crippen LogP contribution in [0, 0.1) is 0 Å². The summed E-state index contributed by atoms with van der Waals surface area (Å²) in [6.07, 6.45) is 1.12. The van der Waals surface area contributed by atoms with Crippen molar-refractivity contribution in [2.45, 2.75) is 23.8 Å². The molecule has 1 N–H and O–H groups in total. The topological polar surface area (TPSA) is 49.4 Å². The summed E-state index contributed by atoms with van der Waals surface area (Å²) in [7, 11) is 1.74. The largest absolute Gasteiger partial charge is 0.347 e. The molecule has 19 heavy (non-hydrogen) atoms. The zero-order chi connectivity index (χ0) is 14.0. The SMILES string of the molecule is CN1CC(NC(=O)c2cc(S)ccc2Cl)CCC1=O. The van der Waals surface area contributed by atoms with Crippen molar-refractivity contribution in [1.29, 1.82) is 0 Å². The Labute approximate surface area is 122 Å². The van der Waals surface area contributed by atoms with Gasteiger partial charge in [-0.15, -0.1) is 12.6 Å². The normalized spacial score (nSPS) is 19.4. The maximum Gasteiger partial charge on any atom is 0.253 e. The van der Waals surface area contributed by atoms with Crippen LogP contribution in [0.5, 0.6) is 0 Å². The Morgan fingerprint density at radius 3 is 2.95 bits per heavy atom. The van der Waals surface area contributed by atoms with Crippen molar-refractivity contribution in [2.24, 2.45) is 0 Å². The van der Waals surface area contributed by atoms with Gasteiger partial charge in [0.15, 0.2) is 0 Å². The first-order chi connectivity index (χ1) is 8.97. The van der Waals surface area contributed by atoms with Crippen LogP contribution in [0.1, 0.15) is 23.2 Å². The van der Waals surface area contributed by atoms with Crippen LogP contribution >= 0.6 is 24.2 Å². The molecule has 1 unspecified atom stereocenters. The fraction of sp³-hybridized carbons (Fsp3) is 0.385. The molecule has 1 fully saturated rings. The average Bonchev–Trinajstić information content (AvgIpc) is 2.36. The quantitative estimate of drug-likeness (QED) is 0.820. The minimum absolute atomic E-state index is 0.0326. The molecule has 6 heteroatoms. The molecule has 2 amide bonds. The Balaban J connectivity index is 2.05. The van der Waals surface area contributed by atoms with Gasteiger partial charge in [0.05, 0.1) is 10.6 Å². The first-order valence-electron chi connectivity index (χ1n) is 6.00. The number of benzene rings is 1. The lowest BCUT2D eigenvalue weighted by Gasteiger charge is -2.30. The summed E-state index contributed by atoms with van der Waals surface area (Å²) in [5, 5.41) is 3.30. The van der Waals surface area contributed by atoms with Gasteiger partial charge in [0, 0.05) is 31.0 Å². The fourth-order valence-corrected chi connectivity index (χ4v) is 2.49. The van der Waals surface area contributed by atoms with Gasteiger partial charge in [-0.2, -0.15) is 0 Å². The molecule has 1 aromatic rings. The van der Waals surface area contributed by atoms with Gasteiger partial charge in [-0.1, -0.05) is 11.6 Å². The lowest BCUT2D eigenvalue weighted by Crippen LogP contribution is -2.48. The summed E-state index contributed by atoms with van der Waals surface area (Å²) in [5.41, 5.74) is 0.411. The van der Waals surface area contributed by atoms with E-state index < -0.39 is 0 Å². The third kappa shape index (κ3) is 3.42. The van der Waals surface area contributed by atoms with E-state index in [2.05, 4.69) is 17.9 Å². The van der Waals surface area contributed by atoms with Crippen LogP contribution in [0.3, 0.4) is 0 Å². The van der Waals surface area contributed by atoms with E-state index in [1.807, 2.05) is 0 Å². The maximum atomic E-state index is 12.1. The highest BCUT2D eigenvalue weighted by Crippen LogP contribution is 2.20. The van der Waals surface area contributed by atoms with Gasteiger partial charge in [-0.25, -0.2) is 0 Å². The number of likely N-dealkylation sites (N-methyl/N-ethyl adjacent to an activating group) is 1. The Kier molecular flexibility index (Phi) is 4.37. The van der Waals surface area contributed by atoms with E-state index in [0.29, 0.717) is 34.9 Å². The molecule has 1 heterocycles. The second kappa shape index (κ2) is 5.84. The molecule has 1 saturated heterocycles. The molecular formula is C13H15ClN2O2S. The third-order valence-corrected chi connectivity index (χ3v) is 3.76. The molecule has 0 bridgehead atoms. The second-order valence-corrected chi connectivity index (χ2v) is 5.57. The van der Waals surface area contributed by atoms with Crippen LogP contribution in [0.2, 0.25) is 5.02 Å². The number of carbonyl (C=O) groups is 2. The molecule has 102 valence electrons. The zero-order valence-electron chi connectivity index (χ0n) is 10.5. The van der Waals surface area contributed by atoms with Crippen molar-refractivity contribution in [1.82, 2.24) is 10.2 Å². The summed E-state index contributed by atoms with van der Waals surface area (Å²) in [5.74, 6) is -0.116. The summed E-state index contributed by atoms with van der Waals surface area (Å²) >= 11 is 10.2. The number of likely N-dealkylation sites (tertiary alicyclic amines) is 1. The molecule has 0 radical (unpaired) electrons. The van der Waals surface area contributed by atoms with Gasteiger partial charge in [0.2, 0.25) is 5.91 Å². The number of halogens is 1. The number of piperidine rings is 1. The Morgan fingerprint density at radius 1 is 1.53 bits per heavy atom. The summed E-state index contributed by atoms with van der Waals surface area (Å²) < 4.78 is 0. The van der Waals surface area contributed by atoms with E-state index in [9.17, 15) is 9.59 Å². The summed E-state index contributed by atoms with van der Waals surface area (Å²) in [6.45, 7) is 0.531. The first-order valence-corrected chi connectivity index (χ1v) is 6.83. The maximum absolute atomic E-state index is 12.1. The molecule has 2 rings (SSSR count). The van der Waals surface area contributed by atoms with Gasteiger partial charge >= 0.3 is 0 Å². The van der Waals surface area contributed by atoms with Crippen LogP contribution in [-0.4, -0.2) is 36.3 Å². The molecule has 1 aliphatic heterocycles. The fourth-order valence-electron chi connectivity index (χ4n) is 2.08. The highest BCUT2D eigenvalue weighted by Gasteiger charge is 2.24. The molecule has 4 nitrogen and oxygen atoms in total. The van der Waals surface area contributed by atoms with Crippen LogP contribution in [0.15, 0.2) is 23.1 Å². The molecule has 0 aliphatic carbocycles. The number of rotatable bonds is 2. The lowest BCUT2D eigenvalue weighted by molar-refractivity contribution is -0.132. The number of nitrogens with zero attached hydrogens (tertiary/aromatic N) is 1. The average molecular weight is 299 g/mol. The van der Waals surface area contributed by atoms with Crippen molar-refractivity contribution in [3.05, 3.63) is 28.8 Å². The van der Waals surface area contributed by atoms with E-state index in [1.165, 1.54) is 0 Å². The van der Waals surface area contributed by atoms with E-state index >= 15 is 0 Å². The molecular weight excluding hydrogens is 284 g/mol. The molecule has 0 aromatic heterocycles. The molecule has 0 saturated carbocycles. The van der Waals surface area contributed by atoms with E-state index in [1.54, 1.807) is 30.1 Å². The monoisotopic (exact) mass is 298 g/mol. The van der Waals surface area contributed by atoms with Gasteiger partial charge < -0.3 is 10.2 Å². The number of amides is 2. The van der Waals surface area contributed by atoms with Crippen LogP contribution in [0.25, 0.3) is 0 Å². The summed E-state index contributed by atoms with van der Waals surface area (Å²) in [6, 6.07) is 4.98. The minimum Gasteiger partial charge on any atom is -0.347 e. The number of hydrogen-bond acceptors (Lipinski definition) is 3. The summed E-state index contributed by atoms with van der Waals surface area (Å²) in [4.78, 5) is 25.8. The van der Waals surface area contributed by atoms with Gasteiger partial charge in [-0.05, 0) is 24.6 Å². The van der Waals surface area contributed by atoms with Crippen molar-refractivity contribution in [3.8, 4) is 0 Å². The zero-order valence-corrected chi connectivity index (χ0v) is 12.2. The highest BCUT2D eigenvalue weighted by molar-refractivity contribution is 7.80. The lowest BCUT2D eigenvalue weighted by atomic mass is 10.1. The van der Waals surface area contributed by atoms with E-state index in [0.717, 1.165) is 0 Å². The predicted molar refractivity (Wildman–Crippen MR) is 76.8 cm³/mol. The Bertz CT molecular complexity index is 521. The molecule has 0 spiro atoms. The Hall–Kier alpha value is -1.20. The molecule has 1 atom stereocenters. The van der Waals surface area contributed by atoms with Crippen LogP contribution in [0.4, 0.5) is 0 Å². The van der Waals surface area contributed by atoms with Gasteiger partial charge in [0.25, 0.3) is 5.91 Å². The highest BCUT2D eigenvalue weighted by atomic mass is 35.5. The van der Waals surface area contributed by atoms with E-state index in [4.69, 9.17) is 11.6 Å². The predicted octanol–water partition coefficient (Wildman–Crippen LogP) is 1.98. The standard InChI is InChI=1S/C13H15ClN2O2S/c1-16-7-8(2-5-12(16)17)15-13(18)10-6-9(19)3-4-11(10)14/h3-4,6,8,19H,2,5,7H2,1H3,(H,15,18). The smallest absolute Gasteiger partial charge is 0.253 e. The number of carbonyl (C=O) groups excluding carboxylic acids is 2. The number of hydrogen-bond donors (Lipinski definition) is 2.